The van der Waals surface area contributed by atoms with Gasteiger partial charge < -0.3 is 15.8 Å². The first-order valence-corrected chi connectivity index (χ1v) is 6.14. The molecule has 0 bridgehead atoms. The van der Waals surface area contributed by atoms with E-state index in [1.807, 2.05) is 0 Å². The Morgan fingerprint density at radius 1 is 1.09 bits per heavy atom. The zero-order valence-corrected chi connectivity index (χ0v) is 11.4. The predicted octanol–water partition coefficient (Wildman–Crippen LogP) is 1.81. The monoisotopic (exact) mass is 307 g/mol. The van der Waals surface area contributed by atoms with E-state index in [0.717, 1.165) is 19.2 Å². The van der Waals surface area contributed by atoms with E-state index in [4.69, 9.17) is 0 Å². The van der Waals surface area contributed by atoms with Crippen LogP contribution in [0.5, 0.6) is 0 Å². The molecule has 0 radical (unpaired) electrons. The molecule has 8 heteroatoms. The lowest BCUT2D eigenvalue weighted by Gasteiger charge is -2.10. The topological polar surface area (TPSA) is 85.1 Å². The lowest BCUT2D eigenvalue weighted by molar-refractivity contribution is -0.607. The van der Waals surface area contributed by atoms with Crippen LogP contribution in [0.25, 0.3) is 0 Å². The van der Waals surface area contributed by atoms with Crippen molar-refractivity contribution >= 4 is 23.2 Å². The number of carbonyl (C=O) groups is 2. The van der Waals surface area contributed by atoms with E-state index in [1.165, 1.54) is 18.2 Å². The van der Waals surface area contributed by atoms with Crippen molar-refractivity contribution in [2.45, 2.75) is 6.92 Å². The molecule has 0 unspecified atom stereocenters. The van der Waals surface area contributed by atoms with Crippen molar-refractivity contribution in [2.75, 3.05) is 10.6 Å². The quantitative estimate of drug-likeness (QED) is 0.670. The third kappa shape index (κ3) is 3.35. The standard InChI is InChI=1S/C14H11F2N3O3/c1-8(20)17-11-7-12(10(16)6-9(11)15)18-14(21)13-4-2-3-5-19(13)22/h2-7H,1H3,(H,17,20)(H,18,21). The van der Waals surface area contributed by atoms with Crippen molar-refractivity contribution in [3.63, 3.8) is 0 Å². The maximum absolute atomic E-state index is 13.7. The summed E-state index contributed by atoms with van der Waals surface area (Å²) in [7, 11) is 0. The van der Waals surface area contributed by atoms with Gasteiger partial charge in [0, 0.05) is 25.1 Å². The van der Waals surface area contributed by atoms with Crippen LogP contribution in [-0.2, 0) is 4.79 Å². The number of benzene rings is 1. The number of carbonyl (C=O) groups excluding carboxylic acids is 2. The largest absolute Gasteiger partial charge is 0.618 e. The summed E-state index contributed by atoms with van der Waals surface area (Å²) in [4.78, 5) is 22.9. The minimum atomic E-state index is -1.03. The van der Waals surface area contributed by atoms with Crippen LogP contribution in [0.15, 0.2) is 36.5 Å². The van der Waals surface area contributed by atoms with Gasteiger partial charge in [-0.25, -0.2) is 8.78 Å². The van der Waals surface area contributed by atoms with Crippen molar-refractivity contribution in [2.24, 2.45) is 0 Å². The molecule has 2 aromatic rings. The van der Waals surface area contributed by atoms with Crippen LogP contribution >= 0.6 is 0 Å². The minimum absolute atomic E-state index is 0.257. The molecular weight excluding hydrogens is 296 g/mol. The third-order valence-corrected chi connectivity index (χ3v) is 2.67. The number of amides is 2. The van der Waals surface area contributed by atoms with Crippen molar-refractivity contribution in [1.82, 2.24) is 0 Å². The van der Waals surface area contributed by atoms with Gasteiger partial charge in [-0.15, -0.1) is 0 Å². The summed E-state index contributed by atoms with van der Waals surface area (Å²) in [5.41, 5.74) is -0.904. The first-order valence-electron chi connectivity index (χ1n) is 6.14. The van der Waals surface area contributed by atoms with Gasteiger partial charge in [-0.1, -0.05) is 0 Å². The number of hydrogen-bond donors (Lipinski definition) is 2. The summed E-state index contributed by atoms with van der Waals surface area (Å²) >= 11 is 0. The molecule has 1 aromatic heterocycles. The number of pyridine rings is 1. The van der Waals surface area contributed by atoms with Gasteiger partial charge in [0.1, 0.15) is 11.6 Å². The number of hydrogen-bond acceptors (Lipinski definition) is 3. The third-order valence-electron chi connectivity index (χ3n) is 2.67. The van der Waals surface area contributed by atoms with Gasteiger partial charge >= 0.3 is 5.91 Å². The Balaban J connectivity index is 2.31. The SMILES string of the molecule is CC(=O)Nc1cc(NC(=O)c2cccc[n+]2[O-])c(F)cc1F. The molecule has 0 atom stereocenters. The highest BCUT2D eigenvalue weighted by Gasteiger charge is 2.18. The second kappa shape index (κ2) is 6.17. The van der Waals surface area contributed by atoms with E-state index in [0.29, 0.717) is 10.8 Å². The first-order chi connectivity index (χ1) is 10.4. The van der Waals surface area contributed by atoms with Crippen LogP contribution in [0.4, 0.5) is 20.2 Å². The van der Waals surface area contributed by atoms with Gasteiger partial charge in [0.2, 0.25) is 5.91 Å². The van der Waals surface area contributed by atoms with Gasteiger partial charge in [-0.05, 0) is 12.1 Å². The number of halogens is 2. The fraction of sp³-hybridized carbons (Fsp3) is 0.0714. The van der Waals surface area contributed by atoms with E-state index in [2.05, 4.69) is 10.6 Å². The maximum Gasteiger partial charge on any atom is 0.321 e. The van der Waals surface area contributed by atoms with Crippen LogP contribution in [0.2, 0.25) is 0 Å². The van der Waals surface area contributed by atoms with E-state index in [1.54, 1.807) is 0 Å². The number of nitrogens with one attached hydrogen (secondary N) is 2. The van der Waals surface area contributed by atoms with Crippen LogP contribution in [-0.4, -0.2) is 11.8 Å². The predicted molar refractivity (Wildman–Crippen MR) is 74.0 cm³/mol. The van der Waals surface area contributed by atoms with Crippen LogP contribution in [0.1, 0.15) is 17.4 Å². The summed E-state index contributed by atoms with van der Waals surface area (Å²) in [5, 5.41) is 15.8. The molecule has 2 rings (SSSR count). The Kier molecular flexibility index (Phi) is 4.31. The van der Waals surface area contributed by atoms with Crippen LogP contribution < -0.4 is 15.4 Å². The van der Waals surface area contributed by atoms with Gasteiger partial charge in [0.15, 0.2) is 6.20 Å². The molecular formula is C14H11F2N3O3. The second-order valence-electron chi connectivity index (χ2n) is 4.36. The van der Waals surface area contributed by atoms with Gasteiger partial charge in [0.25, 0.3) is 5.69 Å². The van der Waals surface area contributed by atoms with E-state index < -0.39 is 23.4 Å². The Bertz CT molecular complexity index is 750. The summed E-state index contributed by atoms with van der Waals surface area (Å²) in [6.45, 7) is 1.16. The van der Waals surface area contributed by atoms with Crippen LogP contribution in [0.3, 0.4) is 0 Å². The minimum Gasteiger partial charge on any atom is -0.618 e. The highest BCUT2D eigenvalue weighted by Crippen LogP contribution is 2.23. The number of aromatic nitrogens is 1. The average Bonchev–Trinajstić information content (AvgIpc) is 2.44. The Hall–Kier alpha value is -3.03. The fourth-order valence-electron chi connectivity index (χ4n) is 1.72. The summed E-state index contributed by atoms with van der Waals surface area (Å²) in [6.07, 6.45) is 1.11. The van der Waals surface area contributed by atoms with Crippen LogP contribution in [0, 0.1) is 16.8 Å². The van der Waals surface area contributed by atoms with Crippen molar-refractivity contribution in [1.29, 1.82) is 0 Å². The smallest absolute Gasteiger partial charge is 0.321 e. The summed E-state index contributed by atoms with van der Waals surface area (Å²) in [5.74, 6) is -3.43. The van der Waals surface area contributed by atoms with Gasteiger partial charge in [-0.3, -0.25) is 9.59 Å². The molecule has 0 aliphatic rings. The Morgan fingerprint density at radius 3 is 2.32 bits per heavy atom. The molecule has 114 valence electrons. The molecule has 0 saturated heterocycles. The average molecular weight is 307 g/mol. The molecule has 0 aliphatic heterocycles. The van der Waals surface area contributed by atoms with Crippen molar-refractivity contribution < 1.29 is 23.1 Å². The molecule has 0 fully saturated rings. The molecule has 22 heavy (non-hydrogen) atoms. The number of nitrogens with zero attached hydrogens (tertiary/aromatic N) is 1. The van der Waals surface area contributed by atoms with E-state index in [-0.39, 0.29) is 17.1 Å². The molecule has 0 spiro atoms. The molecule has 2 amide bonds. The second-order valence-corrected chi connectivity index (χ2v) is 4.36. The Labute approximate surface area is 124 Å². The fourth-order valence-corrected chi connectivity index (χ4v) is 1.72. The lowest BCUT2D eigenvalue weighted by atomic mass is 10.2. The first kappa shape index (κ1) is 15.4. The van der Waals surface area contributed by atoms with Gasteiger partial charge in [-0.2, -0.15) is 4.73 Å². The Morgan fingerprint density at radius 2 is 1.73 bits per heavy atom. The molecule has 1 heterocycles. The summed E-state index contributed by atoms with van der Waals surface area (Å²) in [6, 6.07) is 5.60. The van der Waals surface area contributed by atoms with E-state index >= 15 is 0 Å². The highest BCUT2D eigenvalue weighted by molar-refractivity contribution is 6.02. The molecule has 0 saturated carbocycles. The molecule has 1 aromatic carbocycles. The molecule has 0 aliphatic carbocycles. The lowest BCUT2D eigenvalue weighted by Crippen LogP contribution is -2.36. The normalized spacial score (nSPS) is 10.1. The zero-order chi connectivity index (χ0) is 16.3. The van der Waals surface area contributed by atoms with Crippen molar-refractivity contribution in [3.05, 3.63) is 59.1 Å². The zero-order valence-electron chi connectivity index (χ0n) is 11.4. The summed E-state index contributed by atoms with van der Waals surface area (Å²) < 4.78 is 27.5. The van der Waals surface area contributed by atoms with Crippen molar-refractivity contribution in [3.8, 4) is 0 Å². The van der Waals surface area contributed by atoms with Gasteiger partial charge in [0.05, 0.1) is 11.4 Å². The number of anilines is 2. The number of rotatable bonds is 3. The van der Waals surface area contributed by atoms with E-state index in [9.17, 15) is 23.6 Å². The molecule has 2 N–H and O–H groups in total. The maximum atomic E-state index is 13.7. The highest BCUT2D eigenvalue weighted by atomic mass is 19.1. The molecule has 6 nitrogen and oxygen atoms in total.